The van der Waals surface area contributed by atoms with Gasteiger partial charge in [0.15, 0.2) is 5.76 Å². The highest BCUT2D eigenvalue weighted by molar-refractivity contribution is 5.35. The number of ether oxygens (including phenoxy) is 1. The quantitative estimate of drug-likeness (QED) is 0.839. The van der Waals surface area contributed by atoms with Gasteiger partial charge in [-0.05, 0) is 31.0 Å². The van der Waals surface area contributed by atoms with E-state index in [4.69, 9.17) is 9.26 Å². The van der Waals surface area contributed by atoms with E-state index >= 15 is 0 Å². The van der Waals surface area contributed by atoms with E-state index in [0.717, 1.165) is 23.6 Å². The van der Waals surface area contributed by atoms with Gasteiger partial charge < -0.3 is 14.6 Å². The summed E-state index contributed by atoms with van der Waals surface area (Å²) in [6.45, 7) is 5.50. The van der Waals surface area contributed by atoms with Crippen LogP contribution in [0.15, 0.2) is 34.9 Å². The number of hydrogen-bond donors (Lipinski definition) is 1. The van der Waals surface area contributed by atoms with Crippen LogP contribution in [0.4, 0.5) is 0 Å². The lowest BCUT2D eigenvalue weighted by Gasteiger charge is -2.14. The number of nitrogens with zero attached hydrogens (tertiary/aromatic N) is 1. The first-order valence-electron chi connectivity index (χ1n) is 7.05. The molecule has 4 heteroatoms. The van der Waals surface area contributed by atoms with Crippen molar-refractivity contribution in [1.29, 1.82) is 0 Å². The van der Waals surface area contributed by atoms with E-state index in [1.807, 2.05) is 31.3 Å². The predicted molar refractivity (Wildman–Crippen MR) is 78.7 cm³/mol. The van der Waals surface area contributed by atoms with Crippen molar-refractivity contribution in [2.75, 3.05) is 7.05 Å². The lowest BCUT2D eigenvalue weighted by molar-refractivity contribution is 0.245. The van der Waals surface area contributed by atoms with Gasteiger partial charge in [-0.15, -0.1) is 0 Å². The van der Waals surface area contributed by atoms with Crippen molar-refractivity contribution in [3.05, 3.63) is 47.3 Å². The Balaban J connectivity index is 2.02. The van der Waals surface area contributed by atoms with E-state index in [1.165, 1.54) is 5.56 Å². The minimum Gasteiger partial charge on any atom is -0.485 e. The van der Waals surface area contributed by atoms with Gasteiger partial charge >= 0.3 is 0 Å². The zero-order valence-corrected chi connectivity index (χ0v) is 12.3. The molecule has 0 bridgehead atoms. The minimum absolute atomic E-state index is 0.407. The molecule has 20 heavy (non-hydrogen) atoms. The fraction of sp³-hybridized carbons (Fsp3) is 0.438. The van der Waals surface area contributed by atoms with E-state index in [9.17, 15) is 0 Å². The molecule has 2 aromatic rings. The molecule has 0 saturated carbocycles. The van der Waals surface area contributed by atoms with Crippen LogP contribution >= 0.6 is 0 Å². The van der Waals surface area contributed by atoms with Gasteiger partial charge in [0, 0.05) is 12.6 Å². The molecule has 1 unspecified atom stereocenters. The molecule has 1 aromatic heterocycles. The van der Waals surface area contributed by atoms with Crippen LogP contribution in [0.1, 0.15) is 43.2 Å². The summed E-state index contributed by atoms with van der Waals surface area (Å²) in [6, 6.07) is 10.1. The van der Waals surface area contributed by atoms with Gasteiger partial charge in [-0.1, -0.05) is 37.2 Å². The molecule has 1 aromatic carbocycles. The number of rotatable bonds is 7. The average Bonchev–Trinajstić information content (AvgIpc) is 2.93. The van der Waals surface area contributed by atoms with Gasteiger partial charge in [-0.3, -0.25) is 0 Å². The van der Waals surface area contributed by atoms with E-state index in [1.54, 1.807) is 0 Å². The lowest BCUT2D eigenvalue weighted by Crippen LogP contribution is -2.04. The van der Waals surface area contributed by atoms with E-state index < -0.39 is 0 Å². The molecule has 1 atom stereocenters. The third-order valence-electron chi connectivity index (χ3n) is 3.40. The number of benzene rings is 1. The van der Waals surface area contributed by atoms with Crippen molar-refractivity contribution < 1.29 is 9.26 Å². The summed E-state index contributed by atoms with van der Waals surface area (Å²) in [5.74, 6) is 2.16. The highest BCUT2D eigenvalue weighted by atomic mass is 16.5. The first-order chi connectivity index (χ1) is 9.74. The Morgan fingerprint density at radius 1 is 1.35 bits per heavy atom. The molecule has 1 heterocycles. The topological polar surface area (TPSA) is 47.3 Å². The number of nitrogens with one attached hydrogen (secondary N) is 1. The number of hydrogen-bond acceptors (Lipinski definition) is 4. The van der Waals surface area contributed by atoms with Crippen LogP contribution in [0.3, 0.4) is 0 Å². The first kappa shape index (κ1) is 14.6. The summed E-state index contributed by atoms with van der Waals surface area (Å²) in [5, 5.41) is 7.01. The van der Waals surface area contributed by atoms with Crippen molar-refractivity contribution in [3.63, 3.8) is 0 Å². The number of aromatic nitrogens is 1. The zero-order chi connectivity index (χ0) is 14.4. The average molecular weight is 274 g/mol. The molecule has 4 nitrogen and oxygen atoms in total. The van der Waals surface area contributed by atoms with Crippen molar-refractivity contribution in [2.45, 2.75) is 39.3 Å². The largest absolute Gasteiger partial charge is 0.485 e. The van der Waals surface area contributed by atoms with Crippen LogP contribution in [0.2, 0.25) is 0 Å². The molecular weight excluding hydrogens is 252 g/mol. The fourth-order valence-corrected chi connectivity index (χ4v) is 2.08. The molecule has 0 spiro atoms. The Morgan fingerprint density at radius 3 is 2.90 bits per heavy atom. The summed E-state index contributed by atoms with van der Waals surface area (Å²) < 4.78 is 11.1. The third-order valence-corrected chi connectivity index (χ3v) is 3.40. The van der Waals surface area contributed by atoms with Gasteiger partial charge in [-0.2, -0.15) is 0 Å². The first-order valence-corrected chi connectivity index (χ1v) is 7.05. The molecule has 1 N–H and O–H groups in total. The molecule has 108 valence electrons. The van der Waals surface area contributed by atoms with Gasteiger partial charge in [0.25, 0.3) is 0 Å². The highest BCUT2D eigenvalue weighted by Gasteiger charge is 2.11. The molecule has 0 fully saturated rings. The van der Waals surface area contributed by atoms with Crippen molar-refractivity contribution in [3.8, 4) is 5.75 Å². The SMILES string of the molecule is CCC(C)c1ccccc1OCc1cc(CNC)no1. The summed E-state index contributed by atoms with van der Waals surface area (Å²) in [5.41, 5.74) is 2.13. The lowest BCUT2D eigenvalue weighted by atomic mass is 9.98. The maximum Gasteiger partial charge on any atom is 0.174 e. The Kier molecular flexibility index (Phi) is 5.18. The smallest absolute Gasteiger partial charge is 0.174 e. The maximum atomic E-state index is 5.88. The van der Waals surface area contributed by atoms with Crippen LogP contribution in [-0.2, 0) is 13.2 Å². The predicted octanol–water partition coefficient (Wildman–Crippen LogP) is 3.49. The summed E-state index contributed by atoms with van der Waals surface area (Å²) in [6.07, 6.45) is 1.09. The van der Waals surface area contributed by atoms with Gasteiger partial charge in [0.2, 0.25) is 0 Å². The Labute approximate surface area is 120 Å². The standard InChI is InChI=1S/C16H22N2O2/c1-4-12(2)15-7-5-6-8-16(15)19-11-14-9-13(10-17-3)18-20-14/h5-9,12,17H,4,10-11H2,1-3H3. The zero-order valence-electron chi connectivity index (χ0n) is 12.3. The van der Waals surface area contributed by atoms with E-state index in [2.05, 4.69) is 30.4 Å². The molecule has 0 aliphatic heterocycles. The highest BCUT2D eigenvalue weighted by Crippen LogP contribution is 2.28. The minimum atomic E-state index is 0.407. The molecule has 0 aliphatic rings. The maximum absolute atomic E-state index is 5.88. The molecule has 2 rings (SSSR count). The summed E-state index contributed by atoms with van der Waals surface area (Å²) in [7, 11) is 1.88. The van der Waals surface area contributed by atoms with Crippen LogP contribution < -0.4 is 10.1 Å². The summed E-state index contributed by atoms with van der Waals surface area (Å²) >= 11 is 0. The van der Waals surface area contributed by atoms with Crippen LogP contribution in [0, 0.1) is 0 Å². The Hall–Kier alpha value is -1.81. The van der Waals surface area contributed by atoms with Gasteiger partial charge in [0.05, 0.1) is 5.69 Å². The Bertz CT molecular complexity index is 537. The molecule has 0 saturated heterocycles. The van der Waals surface area contributed by atoms with Gasteiger partial charge in [0.1, 0.15) is 12.4 Å². The van der Waals surface area contributed by atoms with Crippen molar-refractivity contribution in [2.24, 2.45) is 0 Å². The second kappa shape index (κ2) is 7.10. The van der Waals surface area contributed by atoms with Crippen LogP contribution in [-0.4, -0.2) is 12.2 Å². The molecule has 0 amide bonds. The molecular formula is C16H22N2O2. The summed E-state index contributed by atoms with van der Waals surface area (Å²) in [4.78, 5) is 0. The molecule has 0 radical (unpaired) electrons. The second-order valence-electron chi connectivity index (χ2n) is 4.95. The third kappa shape index (κ3) is 3.61. The fourth-order valence-electron chi connectivity index (χ4n) is 2.08. The van der Waals surface area contributed by atoms with Crippen LogP contribution in [0.5, 0.6) is 5.75 Å². The Morgan fingerprint density at radius 2 is 2.15 bits per heavy atom. The van der Waals surface area contributed by atoms with Crippen molar-refractivity contribution in [1.82, 2.24) is 10.5 Å². The van der Waals surface area contributed by atoms with Crippen molar-refractivity contribution >= 4 is 0 Å². The van der Waals surface area contributed by atoms with Gasteiger partial charge in [-0.25, -0.2) is 0 Å². The normalized spacial score (nSPS) is 12.3. The second-order valence-corrected chi connectivity index (χ2v) is 4.95. The van der Waals surface area contributed by atoms with E-state index in [-0.39, 0.29) is 0 Å². The molecule has 0 aliphatic carbocycles. The van der Waals surface area contributed by atoms with Crippen LogP contribution in [0.25, 0.3) is 0 Å². The number of para-hydroxylation sites is 1. The monoisotopic (exact) mass is 274 g/mol. The van der Waals surface area contributed by atoms with E-state index in [0.29, 0.717) is 19.1 Å².